The van der Waals surface area contributed by atoms with Crippen LogP contribution in [0.3, 0.4) is 0 Å². The standard InChI is InChI=1S/C20H19BrN2O6/c1-12(19(25)23-15-6-7-16-17(10-15)28-9-8-27-16)29-18(24)11-22-20(26)13-2-4-14(21)5-3-13/h2-7,10,12H,8-9,11H2,1H3,(H,22,26)(H,23,25)/t12-/m1/s1. The van der Waals surface area contributed by atoms with E-state index in [9.17, 15) is 14.4 Å². The van der Waals surface area contributed by atoms with Gasteiger partial charge in [-0.3, -0.25) is 14.4 Å². The van der Waals surface area contributed by atoms with Gasteiger partial charge in [-0.2, -0.15) is 0 Å². The molecule has 0 radical (unpaired) electrons. The lowest BCUT2D eigenvalue weighted by Crippen LogP contribution is -2.35. The summed E-state index contributed by atoms with van der Waals surface area (Å²) < 4.78 is 16.8. The molecule has 0 aromatic heterocycles. The molecule has 8 nitrogen and oxygen atoms in total. The van der Waals surface area contributed by atoms with E-state index in [1.54, 1.807) is 42.5 Å². The van der Waals surface area contributed by atoms with E-state index in [-0.39, 0.29) is 6.54 Å². The Morgan fingerprint density at radius 3 is 2.48 bits per heavy atom. The molecule has 1 heterocycles. The predicted molar refractivity (Wildman–Crippen MR) is 108 cm³/mol. The van der Waals surface area contributed by atoms with Crippen LogP contribution < -0.4 is 20.1 Å². The van der Waals surface area contributed by atoms with Crippen molar-refractivity contribution in [3.63, 3.8) is 0 Å². The molecule has 2 aromatic carbocycles. The van der Waals surface area contributed by atoms with E-state index in [1.165, 1.54) is 6.92 Å². The fourth-order valence-electron chi connectivity index (χ4n) is 2.51. The zero-order chi connectivity index (χ0) is 20.8. The lowest BCUT2D eigenvalue weighted by atomic mass is 10.2. The Balaban J connectivity index is 1.47. The number of carbonyl (C=O) groups is 3. The molecule has 3 rings (SSSR count). The molecule has 2 amide bonds. The number of nitrogens with one attached hydrogen (secondary N) is 2. The summed E-state index contributed by atoms with van der Waals surface area (Å²) in [6, 6.07) is 11.7. The first-order chi connectivity index (χ1) is 13.9. The van der Waals surface area contributed by atoms with Crippen molar-refractivity contribution in [1.82, 2.24) is 5.32 Å². The highest BCUT2D eigenvalue weighted by molar-refractivity contribution is 9.10. The molecule has 0 bridgehead atoms. The molecule has 152 valence electrons. The topological polar surface area (TPSA) is 103 Å². The van der Waals surface area contributed by atoms with Crippen LogP contribution in [0.15, 0.2) is 46.9 Å². The molecule has 29 heavy (non-hydrogen) atoms. The Bertz CT molecular complexity index is 916. The van der Waals surface area contributed by atoms with Gasteiger partial charge in [0.2, 0.25) is 0 Å². The number of hydrogen-bond acceptors (Lipinski definition) is 6. The summed E-state index contributed by atoms with van der Waals surface area (Å²) in [5.41, 5.74) is 0.899. The molecule has 0 saturated heterocycles. The molecule has 0 saturated carbocycles. The molecule has 2 aromatic rings. The average Bonchev–Trinajstić information content (AvgIpc) is 2.72. The van der Waals surface area contributed by atoms with Crippen molar-refractivity contribution in [3.8, 4) is 11.5 Å². The minimum atomic E-state index is -1.04. The van der Waals surface area contributed by atoms with E-state index in [1.807, 2.05) is 0 Å². The quantitative estimate of drug-likeness (QED) is 0.639. The Morgan fingerprint density at radius 1 is 1.07 bits per heavy atom. The molecule has 0 unspecified atom stereocenters. The normalized spacial score (nSPS) is 13.2. The summed E-state index contributed by atoms with van der Waals surface area (Å²) in [6.07, 6.45) is -1.04. The summed E-state index contributed by atoms with van der Waals surface area (Å²) in [5, 5.41) is 5.11. The van der Waals surface area contributed by atoms with Gasteiger partial charge in [0.25, 0.3) is 11.8 Å². The van der Waals surface area contributed by atoms with E-state index < -0.39 is 23.9 Å². The van der Waals surface area contributed by atoms with Gasteiger partial charge in [0, 0.05) is 21.8 Å². The summed E-state index contributed by atoms with van der Waals surface area (Å²) in [7, 11) is 0. The van der Waals surface area contributed by atoms with E-state index >= 15 is 0 Å². The van der Waals surface area contributed by atoms with Crippen LogP contribution in [0.2, 0.25) is 0 Å². The highest BCUT2D eigenvalue weighted by Gasteiger charge is 2.20. The maximum Gasteiger partial charge on any atom is 0.326 e. The highest BCUT2D eigenvalue weighted by atomic mass is 79.9. The SMILES string of the molecule is C[C@@H](OC(=O)CNC(=O)c1ccc(Br)cc1)C(=O)Nc1ccc2c(c1)OCCO2. The Kier molecular flexibility index (Phi) is 6.71. The van der Waals surface area contributed by atoms with Gasteiger partial charge in [-0.05, 0) is 43.3 Å². The second-order valence-corrected chi connectivity index (χ2v) is 7.09. The molecule has 1 aliphatic rings. The number of ether oxygens (including phenoxy) is 3. The minimum absolute atomic E-state index is 0.351. The third-order valence-corrected chi connectivity index (χ3v) is 4.52. The van der Waals surface area contributed by atoms with Gasteiger partial charge < -0.3 is 24.8 Å². The van der Waals surface area contributed by atoms with Crippen LogP contribution >= 0.6 is 15.9 Å². The van der Waals surface area contributed by atoms with Crippen molar-refractivity contribution in [2.75, 3.05) is 25.1 Å². The first kappa shape index (κ1) is 20.7. The van der Waals surface area contributed by atoms with Gasteiger partial charge in [0.1, 0.15) is 19.8 Å². The molecule has 1 aliphatic heterocycles. The molecular formula is C20H19BrN2O6. The maximum atomic E-state index is 12.3. The number of anilines is 1. The maximum absolute atomic E-state index is 12.3. The van der Waals surface area contributed by atoms with Gasteiger partial charge in [-0.1, -0.05) is 15.9 Å². The monoisotopic (exact) mass is 462 g/mol. The van der Waals surface area contributed by atoms with E-state index in [0.717, 1.165) is 4.47 Å². The number of carbonyl (C=O) groups excluding carboxylic acids is 3. The van der Waals surface area contributed by atoms with Gasteiger partial charge in [0.05, 0.1) is 0 Å². The van der Waals surface area contributed by atoms with Crippen molar-refractivity contribution in [2.45, 2.75) is 13.0 Å². The summed E-state index contributed by atoms with van der Waals surface area (Å²) >= 11 is 3.28. The van der Waals surface area contributed by atoms with Crippen LogP contribution in [0.4, 0.5) is 5.69 Å². The third-order valence-electron chi connectivity index (χ3n) is 3.99. The molecule has 0 aliphatic carbocycles. The first-order valence-corrected chi connectivity index (χ1v) is 9.65. The van der Waals surface area contributed by atoms with Gasteiger partial charge in [-0.25, -0.2) is 0 Å². The second-order valence-electron chi connectivity index (χ2n) is 6.17. The van der Waals surface area contributed by atoms with Crippen molar-refractivity contribution in [2.24, 2.45) is 0 Å². The molecule has 0 spiro atoms. The molecule has 9 heteroatoms. The van der Waals surface area contributed by atoms with Crippen molar-refractivity contribution >= 4 is 39.4 Å². The lowest BCUT2D eigenvalue weighted by molar-refractivity contribution is -0.152. The van der Waals surface area contributed by atoms with Gasteiger partial charge in [-0.15, -0.1) is 0 Å². The highest BCUT2D eigenvalue weighted by Crippen LogP contribution is 2.32. The zero-order valence-electron chi connectivity index (χ0n) is 15.6. The number of rotatable bonds is 6. The summed E-state index contributed by atoms with van der Waals surface area (Å²) in [4.78, 5) is 36.2. The van der Waals surface area contributed by atoms with Crippen LogP contribution in [0.25, 0.3) is 0 Å². The number of esters is 1. The van der Waals surface area contributed by atoms with E-state index in [4.69, 9.17) is 14.2 Å². The Hall–Kier alpha value is -3.07. The van der Waals surface area contributed by atoms with Gasteiger partial charge in [0.15, 0.2) is 17.6 Å². The van der Waals surface area contributed by atoms with Crippen molar-refractivity contribution in [3.05, 3.63) is 52.5 Å². The number of hydrogen-bond donors (Lipinski definition) is 2. The Morgan fingerprint density at radius 2 is 1.76 bits per heavy atom. The lowest BCUT2D eigenvalue weighted by Gasteiger charge is -2.19. The van der Waals surface area contributed by atoms with Crippen molar-refractivity contribution in [1.29, 1.82) is 0 Å². The van der Waals surface area contributed by atoms with Crippen LogP contribution in [0.5, 0.6) is 11.5 Å². The number of amides is 2. The van der Waals surface area contributed by atoms with Crippen LogP contribution in [0, 0.1) is 0 Å². The number of fused-ring (bicyclic) bond motifs is 1. The van der Waals surface area contributed by atoms with E-state index in [2.05, 4.69) is 26.6 Å². The molecular weight excluding hydrogens is 444 g/mol. The molecule has 0 fully saturated rings. The molecule has 1 atom stereocenters. The van der Waals surface area contributed by atoms with Crippen molar-refractivity contribution < 1.29 is 28.6 Å². The van der Waals surface area contributed by atoms with Gasteiger partial charge >= 0.3 is 5.97 Å². The molecule has 2 N–H and O–H groups in total. The average molecular weight is 463 g/mol. The Labute approximate surface area is 175 Å². The number of halogens is 1. The first-order valence-electron chi connectivity index (χ1n) is 8.86. The minimum Gasteiger partial charge on any atom is -0.486 e. The van der Waals surface area contributed by atoms with Crippen LogP contribution in [0.1, 0.15) is 17.3 Å². The predicted octanol–water partition coefficient (Wildman–Crippen LogP) is 2.52. The largest absolute Gasteiger partial charge is 0.486 e. The fourth-order valence-corrected chi connectivity index (χ4v) is 2.78. The number of benzene rings is 2. The fraction of sp³-hybridized carbons (Fsp3) is 0.250. The third kappa shape index (κ3) is 5.71. The van der Waals surface area contributed by atoms with E-state index in [0.29, 0.717) is 36.0 Å². The second kappa shape index (κ2) is 9.42. The van der Waals surface area contributed by atoms with Crippen LogP contribution in [-0.2, 0) is 14.3 Å². The summed E-state index contributed by atoms with van der Waals surface area (Å²) in [5.74, 6) is -0.498. The van der Waals surface area contributed by atoms with Crippen LogP contribution in [-0.4, -0.2) is 43.6 Å². The smallest absolute Gasteiger partial charge is 0.326 e. The summed E-state index contributed by atoms with van der Waals surface area (Å²) in [6.45, 7) is 2.01. The zero-order valence-corrected chi connectivity index (χ0v) is 17.2.